The first-order valence-electron chi connectivity index (χ1n) is 9.18. The number of guanidine groups is 1. The van der Waals surface area contributed by atoms with Crippen LogP contribution in [0.1, 0.15) is 46.0 Å². The quantitative estimate of drug-likeness (QED) is 0.304. The molecule has 1 unspecified atom stereocenters. The number of nitrogens with zero attached hydrogens (tertiary/aromatic N) is 2. The fourth-order valence-electron chi connectivity index (χ4n) is 2.98. The van der Waals surface area contributed by atoms with E-state index in [4.69, 9.17) is 0 Å². The van der Waals surface area contributed by atoms with E-state index in [-0.39, 0.29) is 5.75 Å². The van der Waals surface area contributed by atoms with Gasteiger partial charge >= 0.3 is 0 Å². The summed E-state index contributed by atoms with van der Waals surface area (Å²) in [5, 5.41) is 6.56. The van der Waals surface area contributed by atoms with Gasteiger partial charge in [0.2, 0.25) is 10.0 Å². The Kier molecular flexibility index (Phi) is 10.3. The minimum Gasteiger partial charge on any atom is -0.356 e. The van der Waals surface area contributed by atoms with Crippen molar-refractivity contribution in [2.45, 2.75) is 52.0 Å². The Labute approximate surface area is 147 Å². The van der Waals surface area contributed by atoms with Crippen molar-refractivity contribution in [3.05, 3.63) is 0 Å². The molecule has 3 N–H and O–H groups in total. The maximum atomic E-state index is 11.3. The molecule has 1 saturated heterocycles. The molecule has 8 heteroatoms. The van der Waals surface area contributed by atoms with Crippen LogP contribution < -0.4 is 15.4 Å². The topological polar surface area (TPSA) is 85.8 Å². The van der Waals surface area contributed by atoms with Crippen molar-refractivity contribution in [1.29, 1.82) is 0 Å². The van der Waals surface area contributed by atoms with E-state index in [9.17, 15) is 8.42 Å². The second-order valence-electron chi connectivity index (χ2n) is 6.17. The predicted octanol–water partition coefficient (Wildman–Crippen LogP) is 0.745. The van der Waals surface area contributed by atoms with Crippen molar-refractivity contribution in [3.8, 4) is 0 Å². The Balaban J connectivity index is 2.16. The van der Waals surface area contributed by atoms with Gasteiger partial charge in [0.15, 0.2) is 5.96 Å². The molecule has 1 heterocycles. The first-order chi connectivity index (χ1) is 11.5. The molecule has 0 radical (unpaired) electrons. The number of hydrogen-bond donors (Lipinski definition) is 3. The third kappa shape index (κ3) is 8.30. The van der Waals surface area contributed by atoms with Gasteiger partial charge in [-0.25, -0.2) is 13.1 Å². The van der Waals surface area contributed by atoms with Gasteiger partial charge in [0.05, 0.1) is 5.75 Å². The fourth-order valence-corrected chi connectivity index (χ4v) is 3.64. The van der Waals surface area contributed by atoms with E-state index < -0.39 is 10.0 Å². The first kappa shape index (κ1) is 21.2. The lowest BCUT2D eigenvalue weighted by Gasteiger charge is -2.35. The van der Waals surface area contributed by atoms with E-state index in [2.05, 4.69) is 32.2 Å². The van der Waals surface area contributed by atoms with Gasteiger partial charge in [-0.15, -0.1) is 0 Å². The average molecular weight is 362 g/mol. The molecule has 1 atom stereocenters. The molecule has 142 valence electrons. The smallest absolute Gasteiger partial charge is 0.211 e. The van der Waals surface area contributed by atoms with Crippen molar-refractivity contribution < 1.29 is 8.42 Å². The summed E-state index contributed by atoms with van der Waals surface area (Å²) in [5.74, 6) is 0.900. The molecule has 1 rings (SSSR count). The molecule has 24 heavy (non-hydrogen) atoms. The van der Waals surface area contributed by atoms with Crippen LogP contribution >= 0.6 is 0 Å². The van der Waals surface area contributed by atoms with Gasteiger partial charge in [-0.05, 0) is 39.2 Å². The van der Waals surface area contributed by atoms with Crippen LogP contribution in [0.3, 0.4) is 0 Å². The highest BCUT2D eigenvalue weighted by Gasteiger charge is 2.19. The van der Waals surface area contributed by atoms with Crippen molar-refractivity contribution >= 4 is 16.0 Å². The van der Waals surface area contributed by atoms with Gasteiger partial charge < -0.3 is 10.6 Å². The number of piperidine rings is 1. The van der Waals surface area contributed by atoms with Crippen LogP contribution in [-0.4, -0.2) is 70.8 Å². The number of aliphatic imine (C=N–C) groups is 1. The van der Waals surface area contributed by atoms with Gasteiger partial charge in [0, 0.05) is 39.3 Å². The molecule has 0 aromatic rings. The van der Waals surface area contributed by atoms with Crippen LogP contribution in [0.2, 0.25) is 0 Å². The van der Waals surface area contributed by atoms with E-state index in [0.717, 1.165) is 31.5 Å². The predicted molar refractivity (Wildman–Crippen MR) is 101 cm³/mol. The minimum absolute atomic E-state index is 0.124. The summed E-state index contributed by atoms with van der Waals surface area (Å²) in [6.07, 6.45) is 5.92. The summed E-state index contributed by atoms with van der Waals surface area (Å²) in [7, 11) is -1.33. The van der Waals surface area contributed by atoms with E-state index in [1.54, 1.807) is 14.0 Å². The highest BCUT2D eigenvalue weighted by Crippen LogP contribution is 2.18. The van der Waals surface area contributed by atoms with Crippen molar-refractivity contribution in [1.82, 2.24) is 20.3 Å². The largest absolute Gasteiger partial charge is 0.356 e. The lowest BCUT2D eigenvalue weighted by molar-refractivity contribution is 0.147. The van der Waals surface area contributed by atoms with Crippen LogP contribution in [0.15, 0.2) is 4.99 Å². The molecule has 1 aliphatic rings. The zero-order valence-corrected chi connectivity index (χ0v) is 16.3. The summed E-state index contributed by atoms with van der Waals surface area (Å²) >= 11 is 0. The Morgan fingerprint density at radius 3 is 2.58 bits per heavy atom. The number of nitrogens with one attached hydrogen (secondary N) is 3. The number of rotatable bonds is 10. The Morgan fingerprint density at radius 2 is 1.92 bits per heavy atom. The summed E-state index contributed by atoms with van der Waals surface area (Å²) in [5.41, 5.74) is 0. The molecule has 0 bridgehead atoms. The maximum Gasteiger partial charge on any atom is 0.211 e. The zero-order valence-electron chi connectivity index (χ0n) is 15.5. The lowest BCUT2D eigenvalue weighted by Crippen LogP contribution is -2.46. The maximum absolute atomic E-state index is 11.3. The van der Waals surface area contributed by atoms with E-state index in [1.807, 2.05) is 0 Å². The van der Waals surface area contributed by atoms with Gasteiger partial charge in [0.25, 0.3) is 0 Å². The molecule has 0 amide bonds. The van der Waals surface area contributed by atoms with Crippen molar-refractivity contribution in [3.63, 3.8) is 0 Å². The second-order valence-corrected chi connectivity index (χ2v) is 8.27. The molecular weight excluding hydrogens is 326 g/mol. The van der Waals surface area contributed by atoms with Crippen LogP contribution in [0.25, 0.3) is 0 Å². The molecular formula is C16H35N5O2S. The summed E-state index contributed by atoms with van der Waals surface area (Å²) in [4.78, 5) is 6.78. The summed E-state index contributed by atoms with van der Waals surface area (Å²) < 4.78 is 25.2. The molecule has 0 aromatic heterocycles. The first-order valence-corrected chi connectivity index (χ1v) is 10.8. The molecule has 0 saturated carbocycles. The minimum atomic E-state index is -3.09. The summed E-state index contributed by atoms with van der Waals surface area (Å²) in [6.45, 7) is 8.15. The van der Waals surface area contributed by atoms with Gasteiger partial charge in [-0.3, -0.25) is 9.89 Å². The molecule has 7 nitrogen and oxygen atoms in total. The number of sulfonamides is 1. The third-order valence-electron chi connectivity index (χ3n) is 4.48. The number of hydrogen-bond acceptors (Lipinski definition) is 4. The van der Waals surface area contributed by atoms with Crippen molar-refractivity contribution in [2.24, 2.45) is 4.99 Å². The van der Waals surface area contributed by atoms with E-state index in [0.29, 0.717) is 13.1 Å². The molecule has 1 fully saturated rings. The summed E-state index contributed by atoms with van der Waals surface area (Å²) in [6, 6.07) is 0.724. The standard InChI is InChI=1S/C16H35N5O2S/c1-4-15-9-6-7-13-21(15)14-12-19-16(17-3)18-10-8-11-20-24(22,23)5-2/h15,20H,4-14H2,1-3H3,(H2,17,18,19). The lowest BCUT2D eigenvalue weighted by atomic mass is 10.0. The molecule has 1 aliphatic heterocycles. The van der Waals surface area contributed by atoms with Gasteiger partial charge in [-0.1, -0.05) is 13.3 Å². The third-order valence-corrected chi connectivity index (χ3v) is 5.89. The zero-order chi connectivity index (χ0) is 17.8. The van der Waals surface area contributed by atoms with E-state index in [1.165, 1.54) is 32.2 Å². The monoisotopic (exact) mass is 361 g/mol. The molecule has 0 aliphatic carbocycles. The molecule has 0 aromatic carbocycles. The van der Waals surface area contributed by atoms with Crippen molar-refractivity contribution in [2.75, 3.05) is 45.5 Å². The van der Waals surface area contributed by atoms with Crippen LogP contribution in [0.5, 0.6) is 0 Å². The van der Waals surface area contributed by atoms with Gasteiger partial charge in [0.1, 0.15) is 0 Å². The SMILES string of the molecule is CCC1CCCCN1CCNC(=NC)NCCCNS(=O)(=O)CC. The Bertz CT molecular complexity index is 467. The van der Waals surface area contributed by atoms with Crippen LogP contribution in [0, 0.1) is 0 Å². The molecule has 0 spiro atoms. The highest BCUT2D eigenvalue weighted by atomic mass is 32.2. The average Bonchev–Trinajstić information content (AvgIpc) is 2.60. The Morgan fingerprint density at radius 1 is 1.17 bits per heavy atom. The number of likely N-dealkylation sites (tertiary alicyclic amines) is 1. The van der Waals surface area contributed by atoms with E-state index >= 15 is 0 Å². The second kappa shape index (κ2) is 11.7. The van der Waals surface area contributed by atoms with Gasteiger partial charge in [-0.2, -0.15) is 0 Å². The fraction of sp³-hybridized carbons (Fsp3) is 0.938. The van der Waals surface area contributed by atoms with Crippen LogP contribution in [0.4, 0.5) is 0 Å². The normalized spacial score (nSPS) is 20.1. The highest BCUT2D eigenvalue weighted by molar-refractivity contribution is 7.89. The Hall–Kier alpha value is -0.860. The van der Waals surface area contributed by atoms with Crippen LogP contribution in [-0.2, 0) is 10.0 Å².